The normalized spacial score (nSPS) is 21.0. The quantitative estimate of drug-likeness (QED) is 0.829. The van der Waals surface area contributed by atoms with Gasteiger partial charge in [-0.1, -0.05) is 30.3 Å². The fourth-order valence-electron chi connectivity index (χ4n) is 3.09. The van der Waals surface area contributed by atoms with Crippen LogP contribution in [0.3, 0.4) is 0 Å². The Morgan fingerprint density at radius 2 is 1.92 bits per heavy atom. The third-order valence-electron chi connectivity index (χ3n) is 4.16. The molecule has 1 heterocycles. The van der Waals surface area contributed by atoms with Crippen LogP contribution in [-0.4, -0.2) is 48.3 Å². The van der Waals surface area contributed by atoms with Crippen molar-refractivity contribution in [3.05, 3.63) is 35.9 Å². The number of carbonyl (C=O) groups is 2. The van der Waals surface area contributed by atoms with E-state index in [1.165, 1.54) is 12.7 Å². The van der Waals surface area contributed by atoms with E-state index in [4.69, 9.17) is 9.47 Å². The molecule has 1 fully saturated rings. The molecule has 1 saturated heterocycles. The first kappa shape index (κ1) is 19.2. The summed E-state index contributed by atoms with van der Waals surface area (Å²) in [5, 5.41) is 2.93. The highest BCUT2D eigenvalue weighted by molar-refractivity contribution is 5.74. The first-order chi connectivity index (χ1) is 11.7. The molecule has 1 unspecified atom stereocenters. The van der Waals surface area contributed by atoms with Gasteiger partial charge in [-0.3, -0.25) is 9.69 Å². The van der Waals surface area contributed by atoms with Gasteiger partial charge in [0.25, 0.3) is 0 Å². The summed E-state index contributed by atoms with van der Waals surface area (Å²) >= 11 is 0. The highest BCUT2D eigenvalue weighted by atomic mass is 16.6. The van der Waals surface area contributed by atoms with Crippen molar-refractivity contribution in [2.24, 2.45) is 0 Å². The van der Waals surface area contributed by atoms with E-state index in [1.807, 2.05) is 39.0 Å². The number of amides is 1. The average molecular weight is 348 g/mol. The van der Waals surface area contributed by atoms with E-state index in [1.54, 1.807) is 0 Å². The molecule has 138 valence electrons. The second-order valence-corrected chi connectivity index (χ2v) is 7.61. The summed E-state index contributed by atoms with van der Waals surface area (Å²) in [7, 11) is 1.36. The van der Waals surface area contributed by atoms with Gasteiger partial charge in [-0.15, -0.1) is 0 Å². The molecule has 0 bridgehead atoms. The van der Waals surface area contributed by atoms with E-state index in [9.17, 15) is 9.59 Å². The van der Waals surface area contributed by atoms with Gasteiger partial charge in [-0.25, -0.2) is 4.79 Å². The molecule has 1 amide bonds. The zero-order valence-corrected chi connectivity index (χ0v) is 15.5. The molecule has 1 N–H and O–H groups in total. The Labute approximate surface area is 149 Å². The number of methoxy groups -OCH3 is 1. The fourth-order valence-corrected chi connectivity index (χ4v) is 3.09. The molecule has 1 atom stereocenters. The number of alkyl carbamates (subject to hydrolysis) is 1. The number of esters is 1. The minimum Gasteiger partial charge on any atom is -0.469 e. The van der Waals surface area contributed by atoms with Crippen LogP contribution in [-0.2, 0) is 20.8 Å². The van der Waals surface area contributed by atoms with Gasteiger partial charge in [-0.05, 0) is 32.8 Å². The van der Waals surface area contributed by atoms with E-state index >= 15 is 0 Å². The first-order valence-corrected chi connectivity index (χ1v) is 8.56. The van der Waals surface area contributed by atoms with Crippen molar-refractivity contribution in [3.8, 4) is 0 Å². The number of nitrogens with zero attached hydrogens (tertiary/aromatic N) is 1. The van der Waals surface area contributed by atoms with Crippen LogP contribution in [0.4, 0.5) is 4.79 Å². The van der Waals surface area contributed by atoms with Crippen molar-refractivity contribution < 1.29 is 19.1 Å². The van der Waals surface area contributed by atoms with E-state index in [0.717, 1.165) is 13.1 Å². The predicted octanol–water partition coefficient (Wildman–Crippen LogP) is 2.72. The molecule has 6 nitrogen and oxygen atoms in total. The minimum atomic E-state index is -0.662. The molecule has 1 aliphatic rings. The number of rotatable bonds is 5. The van der Waals surface area contributed by atoms with Crippen LogP contribution in [0.2, 0.25) is 0 Å². The van der Waals surface area contributed by atoms with Gasteiger partial charge >= 0.3 is 12.1 Å². The third-order valence-corrected chi connectivity index (χ3v) is 4.16. The lowest BCUT2D eigenvalue weighted by Gasteiger charge is -2.31. The number of ether oxygens (including phenoxy) is 2. The van der Waals surface area contributed by atoms with Crippen LogP contribution in [0.25, 0.3) is 0 Å². The maximum absolute atomic E-state index is 12.3. The highest BCUT2D eigenvalue weighted by Gasteiger charge is 2.42. The molecular formula is C19H28N2O4. The summed E-state index contributed by atoms with van der Waals surface area (Å²) < 4.78 is 10.2. The molecule has 0 aromatic heterocycles. The summed E-state index contributed by atoms with van der Waals surface area (Å²) in [5.74, 6) is -0.336. The van der Waals surface area contributed by atoms with E-state index < -0.39 is 17.2 Å². The van der Waals surface area contributed by atoms with E-state index in [-0.39, 0.29) is 12.4 Å². The molecule has 1 aromatic rings. The lowest BCUT2D eigenvalue weighted by molar-refractivity contribution is -0.142. The molecular weight excluding hydrogens is 320 g/mol. The topological polar surface area (TPSA) is 67.9 Å². The van der Waals surface area contributed by atoms with Gasteiger partial charge < -0.3 is 14.8 Å². The van der Waals surface area contributed by atoms with Crippen molar-refractivity contribution >= 4 is 12.1 Å². The zero-order chi connectivity index (χ0) is 18.5. The van der Waals surface area contributed by atoms with Crippen molar-refractivity contribution in [2.75, 3.05) is 20.2 Å². The standard InChI is InChI=1S/C19H28N2O4/c1-18(2,3)25-17(23)20-19(12-16(22)24-4)10-11-21(14-19)13-15-8-6-5-7-9-15/h5-9H,10-14H2,1-4H3,(H,20,23). The second-order valence-electron chi connectivity index (χ2n) is 7.61. The molecule has 0 aliphatic carbocycles. The van der Waals surface area contributed by atoms with Gasteiger partial charge in [0, 0.05) is 19.6 Å². The Bertz CT molecular complexity index is 597. The fraction of sp³-hybridized carbons (Fsp3) is 0.579. The van der Waals surface area contributed by atoms with E-state index in [0.29, 0.717) is 13.0 Å². The summed E-state index contributed by atoms with van der Waals surface area (Å²) in [6, 6.07) is 10.1. The Morgan fingerprint density at radius 3 is 2.52 bits per heavy atom. The Balaban J connectivity index is 2.06. The van der Waals surface area contributed by atoms with Crippen LogP contribution in [0, 0.1) is 0 Å². The van der Waals surface area contributed by atoms with Crippen LogP contribution in [0.1, 0.15) is 39.2 Å². The van der Waals surface area contributed by atoms with Crippen LogP contribution >= 0.6 is 0 Å². The number of carbonyl (C=O) groups excluding carboxylic acids is 2. The average Bonchev–Trinajstić information content (AvgIpc) is 2.88. The molecule has 1 aliphatic heterocycles. The monoisotopic (exact) mass is 348 g/mol. The molecule has 25 heavy (non-hydrogen) atoms. The molecule has 0 radical (unpaired) electrons. The van der Waals surface area contributed by atoms with Crippen LogP contribution in [0.15, 0.2) is 30.3 Å². The Hall–Kier alpha value is -2.08. The Morgan fingerprint density at radius 1 is 1.24 bits per heavy atom. The SMILES string of the molecule is COC(=O)CC1(NC(=O)OC(C)(C)C)CCN(Cc2ccccc2)C1. The number of nitrogens with one attached hydrogen (secondary N) is 1. The van der Waals surface area contributed by atoms with Crippen LogP contribution in [0.5, 0.6) is 0 Å². The number of benzene rings is 1. The summed E-state index contributed by atoms with van der Waals surface area (Å²) in [6.07, 6.45) is 0.306. The van der Waals surface area contributed by atoms with Gasteiger partial charge in [0.05, 0.1) is 19.1 Å². The summed E-state index contributed by atoms with van der Waals surface area (Å²) in [5.41, 5.74) is -0.0445. The van der Waals surface area contributed by atoms with Gasteiger partial charge in [0.2, 0.25) is 0 Å². The van der Waals surface area contributed by atoms with Crippen molar-refractivity contribution in [2.45, 2.75) is 51.3 Å². The Kier molecular flexibility index (Phi) is 6.06. The molecule has 0 saturated carbocycles. The van der Waals surface area contributed by atoms with Gasteiger partial charge in [0.15, 0.2) is 0 Å². The maximum atomic E-state index is 12.3. The van der Waals surface area contributed by atoms with Crippen LogP contribution < -0.4 is 5.32 Å². The lowest BCUT2D eigenvalue weighted by Crippen LogP contribution is -2.53. The third kappa shape index (κ3) is 6.05. The van der Waals surface area contributed by atoms with Gasteiger partial charge in [-0.2, -0.15) is 0 Å². The van der Waals surface area contributed by atoms with E-state index in [2.05, 4.69) is 22.3 Å². The summed E-state index contributed by atoms with van der Waals surface area (Å²) in [4.78, 5) is 26.4. The smallest absolute Gasteiger partial charge is 0.408 e. The van der Waals surface area contributed by atoms with Crippen molar-refractivity contribution in [1.82, 2.24) is 10.2 Å². The number of likely N-dealkylation sites (tertiary alicyclic amines) is 1. The number of hydrogen-bond acceptors (Lipinski definition) is 5. The molecule has 0 spiro atoms. The first-order valence-electron chi connectivity index (χ1n) is 8.56. The molecule has 2 rings (SSSR count). The largest absolute Gasteiger partial charge is 0.469 e. The van der Waals surface area contributed by atoms with Crippen molar-refractivity contribution in [1.29, 1.82) is 0 Å². The predicted molar refractivity (Wildman–Crippen MR) is 95.1 cm³/mol. The lowest BCUT2D eigenvalue weighted by atomic mass is 9.94. The highest BCUT2D eigenvalue weighted by Crippen LogP contribution is 2.27. The zero-order valence-electron chi connectivity index (χ0n) is 15.5. The van der Waals surface area contributed by atoms with Crippen molar-refractivity contribution in [3.63, 3.8) is 0 Å². The molecule has 6 heteroatoms. The second kappa shape index (κ2) is 7.87. The minimum absolute atomic E-state index is 0.133. The van der Waals surface area contributed by atoms with Gasteiger partial charge in [0.1, 0.15) is 5.60 Å². The summed E-state index contributed by atoms with van der Waals surface area (Å²) in [6.45, 7) is 7.60. The molecule has 1 aromatic carbocycles. The maximum Gasteiger partial charge on any atom is 0.408 e. The number of hydrogen-bond donors (Lipinski definition) is 1.